The molecule has 1 aromatic carbocycles. The molecule has 0 fully saturated rings. The number of nitrogens with zero attached hydrogens (tertiary/aromatic N) is 6. The summed E-state index contributed by atoms with van der Waals surface area (Å²) in [6.07, 6.45) is 5.43. The normalized spacial score (nSPS) is 13.7. The van der Waals surface area contributed by atoms with Crippen LogP contribution in [0.25, 0.3) is 17.2 Å². The lowest BCUT2D eigenvalue weighted by atomic mass is 10.2. The molecule has 4 rings (SSSR count). The zero-order valence-corrected chi connectivity index (χ0v) is 16.4. The maximum Gasteiger partial charge on any atom is 0.332 e. The highest BCUT2D eigenvalue weighted by Gasteiger charge is 2.25. The van der Waals surface area contributed by atoms with E-state index in [1.165, 1.54) is 9.13 Å². The molecule has 2 aromatic heterocycles. The Balaban J connectivity index is 1.83. The van der Waals surface area contributed by atoms with Crippen LogP contribution in [-0.4, -0.2) is 30.9 Å². The molecule has 148 valence electrons. The van der Waals surface area contributed by atoms with Crippen molar-refractivity contribution in [1.82, 2.24) is 18.7 Å². The minimum absolute atomic E-state index is 0.181. The van der Waals surface area contributed by atoms with Gasteiger partial charge in [0, 0.05) is 13.6 Å². The highest BCUT2D eigenvalue weighted by molar-refractivity contribution is 5.87. The summed E-state index contributed by atoms with van der Waals surface area (Å²) in [6, 6.07) is 9.74. The lowest BCUT2D eigenvalue weighted by molar-refractivity contribution is 0.664. The summed E-state index contributed by atoms with van der Waals surface area (Å²) in [4.78, 5) is 30.6. The van der Waals surface area contributed by atoms with Gasteiger partial charge in [-0.15, -0.1) is 6.58 Å². The van der Waals surface area contributed by atoms with Crippen LogP contribution in [0.15, 0.2) is 63.8 Å². The number of imidazole rings is 1. The summed E-state index contributed by atoms with van der Waals surface area (Å²) in [5, 5.41) is 6.17. The maximum absolute atomic E-state index is 13.2. The minimum atomic E-state index is -0.399. The van der Waals surface area contributed by atoms with Crippen molar-refractivity contribution in [1.29, 1.82) is 0 Å². The molecule has 1 aliphatic heterocycles. The lowest BCUT2D eigenvalue weighted by Gasteiger charge is -2.23. The average molecular weight is 390 g/mol. The molecule has 0 atom stereocenters. The quantitative estimate of drug-likeness (QED) is 0.625. The first-order valence-corrected chi connectivity index (χ1v) is 9.35. The molecule has 0 saturated carbocycles. The Labute approximate surface area is 167 Å². The summed E-state index contributed by atoms with van der Waals surface area (Å²) in [7, 11) is 1.63. The molecule has 8 nitrogen and oxygen atoms in total. The van der Waals surface area contributed by atoms with Crippen LogP contribution in [0.2, 0.25) is 0 Å². The highest BCUT2D eigenvalue weighted by Crippen LogP contribution is 2.23. The van der Waals surface area contributed by atoms with Gasteiger partial charge in [-0.05, 0) is 12.5 Å². The number of benzene rings is 1. The molecular formula is C21H22N6O2. The first kappa shape index (κ1) is 18.7. The molecular weight excluding hydrogens is 368 g/mol. The molecule has 0 bridgehead atoms. The average Bonchev–Trinajstić information content (AvgIpc) is 3.10. The summed E-state index contributed by atoms with van der Waals surface area (Å²) in [5.74, 6) is 0.537. The minimum Gasteiger partial charge on any atom is -0.297 e. The molecule has 0 radical (unpaired) electrons. The Morgan fingerprint density at radius 2 is 1.93 bits per heavy atom. The van der Waals surface area contributed by atoms with Crippen LogP contribution < -0.4 is 16.3 Å². The Bertz CT molecular complexity index is 1260. The largest absolute Gasteiger partial charge is 0.332 e. The number of anilines is 1. The van der Waals surface area contributed by atoms with E-state index in [0.29, 0.717) is 30.2 Å². The Morgan fingerprint density at radius 3 is 2.66 bits per heavy atom. The first-order valence-electron chi connectivity index (χ1n) is 9.35. The monoisotopic (exact) mass is 390 g/mol. The first-order chi connectivity index (χ1) is 14.0. The fourth-order valence-electron chi connectivity index (χ4n) is 3.48. The molecule has 0 spiro atoms. The van der Waals surface area contributed by atoms with Gasteiger partial charge in [-0.1, -0.05) is 48.6 Å². The molecule has 3 aromatic rings. The van der Waals surface area contributed by atoms with Crippen LogP contribution >= 0.6 is 0 Å². The van der Waals surface area contributed by atoms with Crippen molar-refractivity contribution in [2.75, 3.05) is 11.6 Å². The molecule has 29 heavy (non-hydrogen) atoms. The van der Waals surface area contributed by atoms with Gasteiger partial charge in [-0.3, -0.25) is 18.5 Å². The molecule has 1 aliphatic rings. The fourth-order valence-corrected chi connectivity index (χ4v) is 3.48. The van der Waals surface area contributed by atoms with E-state index >= 15 is 0 Å². The molecule has 0 saturated heterocycles. The van der Waals surface area contributed by atoms with Gasteiger partial charge in [-0.25, -0.2) is 9.80 Å². The van der Waals surface area contributed by atoms with Crippen LogP contribution in [0.3, 0.4) is 0 Å². The second kappa shape index (κ2) is 7.38. The standard InChI is InChI=1S/C21H22N6O2/c1-4-12-27-20-22-18-17(26(20)14-15(2)23-27)19(28)25(21(29)24(18)3)13-8-11-16-9-6-5-7-10-16/h4-11H,1,12-14H2,2-3H3. The highest BCUT2D eigenvalue weighted by atomic mass is 16.2. The van der Waals surface area contributed by atoms with E-state index in [1.807, 2.05) is 54.0 Å². The van der Waals surface area contributed by atoms with Crippen molar-refractivity contribution in [2.24, 2.45) is 12.1 Å². The third-order valence-electron chi connectivity index (χ3n) is 4.82. The molecule has 0 unspecified atom stereocenters. The van der Waals surface area contributed by atoms with E-state index < -0.39 is 5.69 Å². The summed E-state index contributed by atoms with van der Waals surface area (Å²) < 4.78 is 4.47. The van der Waals surface area contributed by atoms with Crippen LogP contribution in [0.1, 0.15) is 12.5 Å². The Kier molecular flexibility index (Phi) is 4.75. The van der Waals surface area contributed by atoms with Crippen LogP contribution in [-0.2, 0) is 20.1 Å². The van der Waals surface area contributed by atoms with E-state index in [0.717, 1.165) is 11.3 Å². The van der Waals surface area contributed by atoms with E-state index in [9.17, 15) is 9.59 Å². The maximum atomic E-state index is 13.2. The number of allylic oxidation sites excluding steroid dienone is 1. The van der Waals surface area contributed by atoms with Gasteiger partial charge in [0.25, 0.3) is 5.56 Å². The third kappa shape index (κ3) is 3.22. The number of hydrogen-bond donors (Lipinski definition) is 0. The molecule has 3 heterocycles. The fraction of sp³-hybridized carbons (Fsp3) is 0.238. The van der Waals surface area contributed by atoms with Gasteiger partial charge in [0.1, 0.15) is 0 Å². The third-order valence-corrected chi connectivity index (χ3v) is 4.82. The van der Waals surface area contributed by atoms with Crippen molar-refractivity contribution in [3.63, 3.8) is 0 Å². The predicted molar refractivity (Wildman–Crippen MR) is 115 cm³/mol. The topological polar surface area (TPSA) is 77.4 Å². The number of hydrogen-bond acceptors (Lipinski definition) is 5. The van der Waals surface area contributed by atoms with E-state index in [2.05, 4.69) is 16.7 Å². The summed E-state index contributed by atoms with van der Waals surface area (Å²) in [6.45, 7) is 6.74. The summed E-state index contributed by atoms with van der Waals surface area (Å²) >= 11 is 0. The molecule has 8 heteroatoms. The van der Waals surface area contributed by atoms with Gasteiger partial charge >= 0.3 is 5.69 Å². The zero-order valence-electron chi connectivity index (χ0n) is 16.4. The smallest absolute Gasteiger partial charge is 0.297 e. The lowest BCUT2D eigenvalue weighted by Crippen LogP contribution is -2.39. The van der Waals surface area contributed by atoms with E-state index in [1.54, 1.807) is 18.1 Å². The van der Waals surface area contributed by atoms with Gasteiger partial charge in [0.05, 0.1) is 18.8 Å². The molecule has 0 amide bonds. The van der Waals surface area contributed by atoms with Crippen molar-refractivity contribution in [3.05, 3.63) is 75.5 Å². The van der Waals surface area contributed by atoms with Crippen LogP contribution in [0.5, 0.6) is 0 Å². The van der Waals surface area contributed by atoms with Gasteiger partial charge in [0.2, 0.25) is 5.95 Å². The van der Waals surface area contributed by atoms with Crippen molar-refractivity contribution >= 4 is 28.9 Å². The predicted octanol–water partition coefficient (Wildman–Crippen LogP) is 1.99. The van der Waals surface area contributed by atoms with Crippen molar-refractivity contribution in [2.45, 2.75) is 20.0 Å². The van der Waals surface area contributed by atoms with Crippen molar-refractivity contribution < 1.29 is 0 Å². The van der Waals surface area contributed by atoms with Gasteiger partial charge in [-0.2, -0.15) is 10.1 Å². The SMILES string of the molecule is C=CCN1N=C(C)Cn2c1nc1c2c(=O)n(CC=Cc2ccccc2)c(=O)n1C. The Hall–Kier alpha value is -3.68. The second-order valence-electron chi connectivity index (χ2n) is 6.95. The van der Waals surface area contributed by atoms with Crippen LogP contribution in [0.4, 0.5) is 5.95 Å². The number of hydrazone groups is 1. The van der Waals surface area contributed by atoms with Crippen molar-refractivity contribution in [3.8, 4) is 0 Å². The number of fused-ring (bicyclic) bond motifs is 3. The Morgan fingerprint density at radius 1 is 1.17 bits per heavy atom. The second-order valence-corrected chi connectivity index (χ2v) is 6.95. The van der Waals surface area contributed by atoms with E-state index in [-0.39, 0.29) is 12.1 Å². The van der Waals surface area contributed by atoms with Crippen LogP contribution in [0, 0.1) is 0 Å². The number of aromatic nitrogens is 4. The number of aryl methyl sites for hydroxylation is 1. The van der Waals surface area contributed by atoms with E-state index in [4.69, 9.17) is 0 Å². The van der Waals surface area contributed by atoms with Gasteiger partial charge in [0.15, 0.2) is 11.2 Å². The molecule has 0 aliphatic carbocycles. The van der Waals surface area contributed by atoms with Gasteiger partial charge < -0.3 is 0 Å². The number of rotatable bonds is 5. The summed E-state index contributed by atoms with van der Waals surface area (Å²) in [5.41, 5.74) is 1.86. The zero-order chi connectivity index (χ0) is 20.5. The molecule has 0 N–H and O–H groups in total.